The second-order valence-electron chi connectivity index (χ2n) is 4.17. The highest BCUT2D eigenvalue weighted by atomic mass is 16.7. The number of carboxylic acid groups (broad SMARTS) is 1. The van der Waals surface area contributed by atoms with Crippen LogP contribution in [0.15, 0.2) is 34.9 Å². The zero-order valence-electron chi connectivity index (χ0n) is 10.3. The number of aromatic carboxylic acids is 1. The lowest BCUT2D eigenvalue weighted by Gasteiger charge is -2.16. The molecule has 1 aliphatic rings. The molecule has 1 fully saturated rings. The van der Waals surface area contributed by atoms with Crippen LogP contribution < -0.4 is 5.06 Å². The van der Waals surface area contributed by atoms with E-state index in [1.807, 2.05) is 0 Å². The Kier molecular flexibility index (Phi) is 2.96. The van der Waals surface area contributed by atoms with Crippen LogP contribution in [-0.4, -0.2) is 28.7 Å². The number of nitrogens with zero attached hydrogens (tertiary/aromatic N) is 2. The van der Waals surface area contributed by atoms with Gasteiger partial charge in [0.15, 0.2) is 0 Å². The quantitative estimate of drug-likeness (QED) is 0.915. The van der Waals surface area contributed by atoms with Gasteiger partial charge in [-0.3, -0.25) is 9.63 Å². The lowest BCUT2D eigenvalue weighted by atomic mass is 10.1. The molecule has 1 aromatic carbocycles. The molecule has 0 saturated carbocycles. The summed E-state index contributed by atoms with van der Waals surface area (Å²) in [7, 11) is 0. The number of para-hydroxylation sites is 1. The van der Waals surface area contributed by atoms with Crippen LogP contribution >= 0.6 is 0 Å². The number of amides is 1. The third kappa shape index (κ3) is 2.04. The number of carbonyl (C=O) groups excluding carboxylic acids is 1. The molecule has 0 aliphatic carbocycles. The van der Waals surface area contributed by atoms with Crippen LogP contribution in [0.4, 0.5) is 5.69 Å². The minimum atomic E-state index is -1.20. The van der Waals surface area contributed by atoms with Crippen LogP contribution in [0.25, 0.3) is 11.3 Å². The van der Waals surface area contributed by atoms with Crippen molar-refractivity contribution in [3.05, 3.63) is 36.1 Å². The highest BCUT2D eigenvalue weighted by molar-refractivity contribution is 5.97. The van der Waals surface area contributed by atoms with E-state index in [2.05, 4.69) is 5.16 Å². The van der Waals surface area contributed by atoms with Gasteiger partial charge in [0.1, 0.15) is 5.69 Å². The average Bonchev–Trinajstić information content (AvgIpc) is 3.07. The third-order valence-corrected chi connectivity index (χ3v) is 2.88. The van der Waals surface area contributed by atoms with E-state index in [-0.39, 0.29) is 11.7 Å². The van der Waals surface area contributed by atoms with Crippen molar-refractivity contribution in [3.8, 4) is 11.3 Å². The molecule has 7 nitrogen and oxygen atoms in total. The molecular formula is C13H10N2O5. The molecule has 0 unspecified atom stereocenters. The van der Waals surface area contributed by atoms with Gasteiger partial charge in [-0.1, -0.05) is 23.4 Å². The first kappa shape index (κ1) is 12.4. The summed E-state index contributed by atoms with van der Waals surface area (Å²) in [4.78, 5) is 27.8. The molecule has 0 radical (unpaired) electrons. The van der Waals surface area contributed by atoms with Crippen molar-refractivity contribution in [1.29, 1.82) is 0 Å². The number of carboxylic acids is 1. The highest BCUT2D eigenvalue weighted by Gasteiger charge is 2.26. The smallest absolute Gasteiger partial charge is 0.374 e. The first-order valence-corrected chi connectivity index (χ1v) is 5.92. The summed E-state index contributed by atoms with van der Waals surface area (Å²) >= 11 is 0. The Morgan fingerprint density at radius 2 is 2.15 bits per heavy atom. The van der Waals surface area contributed by atoms with E-state index in [9.17, 15) is 9.59 Å². The number of carbonyl (C=O) groups is 2. The molecule has 2 heterocycles. The first-order chi connectivity index (χ1) is 9.66. The molecule has 102 valence electrons. The fourth-order valence-corrected chi connectivity index (χ4v) is 1.97. The molecule has 1 saturated heterocycles. The molecule has 0 atom stereocenters. The Morgan fingerprint density at radius 3 is 2.80 bits per heavy atom. The van der Waals surface area contributed by atoms with Gasteiger partial charge in [-0.15, -0.1) is 0 Å². The second kappa shape index (κ2) is 4.78. The van der Waals surface area contributed by atoms with Crippen LogP contribution in [0.5, 0.6) is 0 Å². The number of aromatic nitrogens is 1. The molecule has 1 amide bonds. The number of hydrogen-bond acceptors (Lipinski definition) is 5. The topological polar surface area (TPSA) is 92.9 Å². The summed E-state index contributed by atoms with van der Waals surface area (Å²) in [6.07, 6.45) is 0.313. The summed E-state index contributed by atoms with van der Waals surface area (Å²) in [5, 5.41) is 13.8. The summed E-state index contributed by atoms with van der Waals surface area (Å²) in [6, 6.07) is 8.24. The second-order valence-corrected chi connectivity index (χ2v) is 4.17. The van der Waals surface area contributed by atoms with E-state index in [1.165, 1.54) is 11.1 Å². The SMILES string of the molecule is O=C(O)c1cc(-c2ccccc2N2OCCC2=O)no1. The van der Waals surface area contributed by atoms with Crippen molar-refractivity contribution in [2.75, 3.05) is 11.7 Å². The molecule has 1 aliphatic heterocycles. The number of hydrogen-bond donors (Lipinski definition) is 1. The van der Waals surface area contributed by atoms with Gasteiger partial charge in [-0.2, -0.15) is 5.06 Å². The predicted molar refractivity (Wildman–Crippen MR) is 67.0 cm³/mol. The van der Waals surface area contributed by atoms with Gasteiger partial charge in [0.2, 0.25) is 5.76 Å². The Labute approximate surface area is 113 Å². The fraction of sp³-hybridized carbons (Fsp3) is 0.154. The van der Waals surface area contributed by atoms with Crippen molar-refractivity contribution in [2.24, 2.45) is 0 Å². The van der Waals surface area contributed by atoms with E-state index in [0.29, 0.717) is 30.0 Å². The summed E-state index contributed by atoms with van der Waals surface area (Å²) in [5.41, 5.74) is 1.42. The molecular weight excluding hydrogens is 264 g/mol. The van der Waals surface area contributed by atoms with Gasteiger partial charge in [0.05, 0.1) is 18.7 Å². The van der Waals surface area contributed by atoms with Crippen LogP contribution in [-0.2, 0) is 9.63 Å². The van der Waals surface area contributed by atoms with Crippen molar-refractivity contribution in [2.45, 2.75) is 6.42 Å². The fourth-order valence-electron chi connectivity index (χ4n) is 1.97. The Morgan fingerprint density at radius 1 is 1.35 bits per heavy atom. The number of hydroxylamine groups is 1. The highest BCUT2D eigenvalue weighted by Crippen LogP contribution is 2.32. The summed E-state index contributed by atoms with van der Waals surface area (Å²) in [6.45, 7) is 0.326. The zero-order valence-corrected chi connectivity index (χ0v) is 10.3. The molecule has 7 heteroatoms. The van der Waals surface area contributed by atoms with Gasteiger partial charge in [-0.05, 0) is 6.07 Å². The minimum absolute atomic E-state index is 0.153. The number of anilines is 1. The number of benzene rings is 1. The van der Waals surface area contributed by atoms with Gasteiger partial charge in [0.25, 0.3) is 5.91 Å². The average molecular weight is 274 g/mol. The van der Waals surface area contributed by atoms with Crippen LogP contribution in [0.3, 0.4) is 0 Å². The molecule has 1 N–H and O–H groups in total. The van der Waals surface area contributed by atoms with Crippen LogP contribution in [0.2, 0.25) is 0 Å². The third-order valence-electron chi connectivity index (χ3n) is 2.88. The van der Waals surface area contributed by atoms with Gasteiger partial charge in [0, 0.05) is 11.6 Å². The molecule has 3 rings (SSSR count). The van der Waals surface area contributed by atoms with Crippen LogP contribution in [0, 0.1) is 0 Å². The van der Waals surface area contributed by atoms with Gasteiger partial charge in [-0.25, -0.2) is 4.79 Å². The van der Waals surface area contributed by atoms with E-state index < -0.39 is 5.97 Å². The largest absolute Gasteiger partial charge is 0.475 e. The van der Waals surface area contributed by atoms with Crippen LogP contribution in [0.1, 0.15) is 17.0 Å². The molecule has 20 heavy (non-hydrogen) atoms. The van der Waals surface area contributed by atoms with Crippen molar-refractivity contribution in [1.82, 2.24) is 5.16 Å². The minimum Gasteiger partial charge on any atom is -0.475 e. The molecule has 0 spiro atoms. The maximum atomic E-state index is 11.7. The Balaban J connectivity index is 2.04. The van der Waals surface area contributed by atoms with Crippen molar-refractivity contribution in [3.63, 3.8) is 0 Å². The Bertz CT molecular complexity index is 679. The van der Waals surface area contributed by atoms with Crippen molar-refractivity contribution >= 4 is 17.6 Å². The maximum Gasteiger partial charge on any atom is 0.374 e. The summed E-state index contributed by atoms with van der Waals surface area (Å²) < 4.78 is 4.73. The standard InChI is InChI=1S/C13H10N2O5/c16-12-5-6-19-15(12)10-4-2-1-3-8(10)9-7-11(13(17)18)20-14-9/h1-4,7H,5-6H2,(H,17,18). The lowest BCUT2D eigenvalue weighted by molar-refractivity contribution is -0.119. The van der Waals surface area contributed by atoms with Gasteiger partial charge >= 0.3 is 5.97 Å². The lowest BCUT2D eigenvalue weighted by Crippen LogP contribution is -2.22. The zero-order chi connectivity index (χ0) is 14.1. The first-order valence-electron chi connectivity index (χ1n) is 5.92. The van der Waals surface area contributed by atoms with E-state index in [0.717, 1.165) is 0 Å². The van der Waals surface area contributed by atoms with Gasteiger partial charge < -0.3 is 9.63 Å². The molecule has 0 bridgehead atoms. The van der Waals surface area contributed by atoms with E-state index >= 15 is 0 Å². The van der Waals surface area contributed by atoms with E-state index in [4.69, 9.17) is 14.5 Å². The van der Waals surface area contributed by atoms with E-state index in [1.54, 1.807) is 24.3 Å². The Hall–Kier alpha value is -2.67. The normalized spacial score (nSPS) is 14.8. The van der Waals surface area contributed by atoms with Crippen molar-refractivity contribution < 1.29 is 24.1 Å². The maximum absolute atomic E-state index is 11.7. The predicted octanol–water partition coefficient (Wildman–Crippen LogP) is 1.71. The molecule has 2 aromatic rings. The monoisotopic (exact) mass is 274 g/mol. The molecule has 1 aromatic heterocycles. The summed E-state index contributed by atoms with van der Waals surface area (Å²) in [5.74, 6) is -1.61. The number of rotatable bonds is 3.